The van der Waals surface area contributed by atoms with Gasteiger partial charge in [-0.05, 0) is 12.1 Å². The molecule has 0 heterocycles. The first kappa shape index (κ1) is 8.46. The average molecular weight is 176 g/mol. The predicted octanol–water partition coefficient (Wildman–Crippen LogP) is 1.87. The third-order valence-corrected chi connectivity index (χ3v) is 1.49. The van der Waals surface area contributed by atoms with E-state index in [1.54, 1.807) is 6.07 Å². The number of nitrogens with two attached hydrogens (primary N) is 1. The fraction of sp³-hybridized carbons (Fsp3) is 0.143. The molecule has 0 unspecified atom stereocenters. The molecule has 60 valence electrons. The monoisotopic (exact) mass is 175 g/mol. The van der Waals surface area contributed by atoms with Gasteiger partial charge in [0, 0.05) is 10.6 Å². The Balaban J connectivity index is 2.90. The van der Waals surface area contributed by atoms with E-state index in [0.29, 0.717) is 10.6 Å². The van der Waals surface area contributed by atoms with Crippen molar-refractivity contribution in [3.63, 3.8) is 0 Å². The van der Waals surface area contributed by atoms with Crippen LogP contribution in [0.3, 0.4) is 0 Å². The normalized spacial score (nSPS) is 10.1. The lowest BCUT2D eigenvalue weighted by Gasteiger charge is -2.00. The van der Waals surface area contributed by atoms with Crippen molar-refractivity contribution in [3.05, 3.63) is 34.6 Å². The quantitative estimate of drug-likeness (QED) is 0.697. The molecule has 0 amide bonds. The molecule has 0 aliphatic carbocycles. The summed E-state index contributed by atoms with van der Waals surface area (Å²) in [7, 11) is 0. The van der Waals surface area contributed by atoms with Crippen LogP contribution in [0, 0.1) is 5.82 Å². The molecule has 0 saturated carbocycles. The number of hydrogen-bond donors (Lipinski definition) is 1. The van der Waals surface area contributed by atoms with Gasteiger partial charge in [-0.25, -0.2) is 10.3 Å². The zero-order chi connectivity index (χ0) is 8.27. The summed E-state index contributed by atoms with van der Waals surface area (Å²) in [6.07, 6.45) is 0. The van der Waals surface area contributed by atoms with Crippen molar-refractivity contribution in [1.29, 1.82) is 0 Å². The van der Waals surface area contributed by atoms with Gasteiger partial charge in [0.2, 0.25) is 0 Å². The fourth-order valence-corrected chi connectivity index (χ4v) is 0.887. The number of hydrogen-bond acceptors (Lipinski definition) is 2. The summed E-state index contributed by atoms with van der Waals surface area (Å²) in [5.74, 6) is 4.37. The molecule has 0 spiro atoms. The van der Waals surface area contributed by atoms with Crippen LogP contribution in [-0.4, -0.2) is 0 Å². The first-order chi connectivity index (χ1) is 5.24. The lowest BCUT2D eigenvalue weighted by Crippen LogP contribution is -2.00. The lowest BCUT2D eigenvalue weighted by atomic mass is 10.2. The van der Waals surface area contributed by atoms with E-state index in [1.165, 1.54) is 12.1 Å². The van der Waals surface area contributed by atoms with E-state index in [2.05, 4.69) is 4.84 Å². The number of benzene rings is 1. The Morgan fingerprint density at radius 3 is 2.82 bits per heavy atom. The van der Waals surface area contributed by atoms with E-state index >= 15 is 0 Å². The third-order valence-electron chi connectivity index (χ3n) is 1.25. The van der Waals surface area contributed by atoms with Crippen LogP contribution in [0.25, 0.3) is 0 Å². The minimum atomic E-state index is -0.400. The molecular formula is C7H7ClFNO. The van der Waals surface area contributed by atoms with Crippen molar-refractivity contribution >= 4 is 11.6 Å². The maximum Gasteiger partial charge on any atom is 0.130 e. The Labute approximate surface area is 68.7 Å². The minimum Gasteiger partial charge on any atom is -0.300 e. The molecule has 0 saturated heterocycles. The van der Waals surface area contributed by atoms with E-state index in [4.69, 9.17) is 17.5 Å². The molecule has 2 N–H and O–H groups in total. The van der Waals surface area contributed by atoms with Gasteiger partial charge < -0.3 is 0 Å². The number of halogens is 2. The van der Waals surface area contributed by atoms with E-state index in [9.17, 15) is 4.39 Å². The van der Waals surface area contributed by atoms with Crippen molar-refractivity contribution in [2.24, 2.45) is 5.90 Å². The van der Waals surface area contributed by atoms with Gasteiger partial charge in [-0.3, -0.25) is 4.84 Å². The summed E-state index contributed by atoms with van der Waals surface area (Å²) < 4.78 is 12.8. The van der Waals surface area contributed by atoms with Gasteiger partial charge in [0.25, 0.3) is 0 Å². The van der Waals surface area contributed by atoms with Crippen molar-refractivity contribution < 1.29 is 9.23 Å². The van der Waals surface area contributed by atoms with Gasteiger partial charge in [0.15, 0.2) is 0 Å². The van der Waals surface area contributed by atoms with Gasteiger partial charge in [0.1, 0.15) is 5.82 Å². The average Bonchev–Trinajstić information content (AvgIpc) is 1.95. The van der Waals surface area contributed by atoms with Crippen LogP contribution in [0.4, 0.5) is 4.39 Å². The highest BCUT2D eigenvalue weighted by Gasteiger charge is 2.01. The van der Waals surface area contributed by atoms with Crippen LogP contribution < -0.4 is 5.90 Å². The Morgan fingerprint density at radius 1 is 1.55 bits per heavy atom. The molecule has 1 aromatic carbocycles. The second kappa shape index (κ2) is 3.67. The SMILES string of the molecule is NOCc1ccc(Cl)cc1F. The highest BCUT2D eigenvalue weighted by Crippen LogP contribution is 2.14. The van der Waals surface area contributed by atoms with E-state index in [1.807, 2.05) is 0 Å². The predicted molar refractivity (Wildman–Crippen MR) is 40.4 cm³/mol. The highest BCUT2D eigenvalue weighted by atomic mass is 35.5. The van der Waals surface area contributed by atoms with E-state index in [-0.39, 0.29) is 6.61 Å². The van der Waals surface area contributed by atoms with E-state index in [0.717, 1.165) is 0 Å². The molecule has 2 nitrogen and oxygen atoms in total. The van der Waals surface area contributed by atoms with Gasteiger partial charge in [-0.15, -0.1) is 0 Å². The molecule has 0 radical (unpaired) electrons. The molecule has 0 aliphatic rings. The molecule has 11 heavy (non-hydrogen) atoms. The Bertz CT molecular complexity index is 254. The summed E-state index contributed by atoms with van der Waals surface area (Å²) in [6, 6.07) is 4.33. The lowest BCUT2D eigenvalue weighted by molar-refractivity contribution is 0.121. The molecule has 0 aliphatic heterocycles. The summed E-state index contributed by atoms with van der Waals surface area (Å²) in [4.78, 5) is 4.27. The molecule has 1 aromatic rings. The molecular weight excluding hydrogens is 169 g/mol. The summed E-state index contributed by atoms with van der Waals surface area (Å²) in [5.41, 5.74) is 0.400. The molecule has 4 heteroatoms. The smallest absolute Gasteiger partial charge is 0.130 e. The van der Waals surface area contributed by atoms with Gasteiger partial charge in [-0.1, -0.05) is 17.7 Å². The van der Waals surface area contributed by atoms with Crippen molar-refractivity contribution in [2.75, 3.05) is 0 Å². The molecule has 0 atom stereocenters. The first-order valence-corrected chi connectivity index (χ1v) is 3.37. The van der Waals surface area contributed by atoms with Crippen LogP contribution in [-0.2, 0) is 11.4 Å². The fourth-order valence-electron chi connectivity index (χ4n) is 0.729. The first-order valence-electron chi connectivity index (χ1n) is 2.99. The Kier molecular flexibility index (Phi) is 2.82. The van der Waals surface area contributed by atoms with Gasteiger partial charge in [-0.2, -0.15) is 0 Å². The summed E-state index contributed by atoms with van der Waals surface area (Å²) in [5, 5.41) is 0.364. The second-order valence-electron chi connectivity index (χ2n) is 2.05. The van der Waals surface area contributed by atoms with Gasteiger partial charge in [0.05, 0.1) is 6.61 Å². The zero-order valence-corrected chi connectivity index (χ0v) is 6.44. The maximum absolute atomic E-state index is 12.8. The molecule has 0 fully saturated rings. The minimum absolute atomic E-state index is 0.0585. The topological polar surface area (TPSA) is 35.2 Å². The second-order valence-corrected chi connectivity index (χ2v) is 2.48. The Morgan fingerprint density at radius 2 is 2.27 bits per heavy atom. The molecule has 0 bridgehead atoms. The third kappa shape index (κ3) is 2.15. The molecule has 0 aromatic heterocycles. The van der Waals surface area contributed by atoms with Crippen molar-refractivity contribution in [3.8, 4) is 0 Å². The standard InChI is InChI=1S/C7H7ClFNO/c8-6-2-1-5(4-11-10)7(9)3-6/h1-3H,4,10H2. The van der Waals surface area contributed by atoms with Crippen LogP contribution in [0.15, 0.2) is 18.2 Å². The van der Waals surface area contributed by atoms with E-state index < -0.39 is 5.82 Å². The van der Waals surface area contributed by atoms with Crippen molar-refractivity contribution in [1.82, 2.24) is 0 Å². The number of rotatable bonds is 2. The summed E-state index contributed by atoms with van der Waals surface area (Å²) >= 11 is 5.51. The summed E-state index contributed by atoms with van der Waals surface area (Å²) in [6.45, 7) is 0.0585. The van der Waals surface area contributed by atoms with Crippen LogP contribution in [0.1, 0.15) is 5.56 Å². The molecule has 1 rings (SSSR count). The largest absolute Gasteiger partial charge is 0.300 e. The zero-order valence-electron chi connectivity index (χ0n) is 5.68. The Hall–Kier alpha value is -0.640. The van der Waals surface area contributed by atoms with Crippen LogP contribution >= 0.6 is 11.6 Å². The van der Waals surface area contributed by atoms with Crippen molar-refractivity contribution in [2.45, 2.75) is 6.61 Å². The highest BCUT2D eigenvalue weighted by molar-refractivity contribution is 6.30. The van der Waals surface area contributed by atoms with Crippen LogP contribution in [0.5, 0.6) is 0 Å². The van der Waals surface area contributed by atoms with Gasteiger partial charge >= 0.3 is 0 Å². The maximum atomic E-state index is 12.8. The van der Waals surface area contributed by atoms with Crippen LogP contribution in [0.2, 0.25) is 5.02 Å².